The molecule has 5 aromatic rings. The second-order valence-corrected chi connectivity index (χ2v) is 9.12. The van der Waals surface area contributed by atoms with Crippen molar-refractivity contribution in [3.05, 3.63) is 109 Å². The van der Waals surface area contributed by atoms with Crippen LogP contribution in [0.1, 0.15) is 10.4 Å². The number of amides is 1. The largest absolute Gasteiger partial charge is 0.455 e. The van der Waals surface area contributed by atoms with Crippen LogP contribution in [0.2, 0.25) is 10.0 Å². The fourth-order valence-electron chi connectivity index (χ4n) is 3.55. The summed E-state index contributed by atoms with van der Waals surface area (Å²) in [6, 6.07) is 22.7. The number of halogens is 3. The second kappa shape index (κ2) is 9.14. The van der Waals surface area contributed by atoms with E-state index >= 15 is 0 Å². The smallest absolute Gasteiger partial charge is 0.349 e. The Hall–Kier alpha value is -3.32. The number of carbonyl (C=O) groups is 1. The molecular formula is C26H14BrCl2NO4. The van der Waals surface area contributed by atoms with Gasteiger partial charge in [0.05, 0.1) is 5.02 Å². The van der Waals surface area contributed by atoms with Gasteiger partial charge in [-0.1, -0.05) is 63.4 Å². The van der Waals surface area contributed by atoms with Gasteiger partial charge in [0.25, 0.3) is 5.91 Å². The number of nitrogens with one attached hydrogen (secondary N) is 1. The summed E-state index contributed by atoms with van der Waals surface area (Å²) in [4.78, 5) is 25.0. The van der Waals surface area contributed by atoms with Crippen molar-refractivity contribution in [2.75, 3.05) is 5.32 Å². The Morgan fingerprint density at radius 1 is 0.882 bits per heavy atom. The number of ether oxygens (including phenoxy) is 1. The quantitative estimate of drug-likeness (QED) is 0.228. The van der Waals surface area contributed by atoms with Gasteiger partial charge in [0, 0.05) is 26.0 Å². The molecule has 0 spiro atoms. The number of anilines is 1. The lowest BCUT2D eigenvalue weighted by Crippen LogP contribution is -2.20. The van der Waals surface area contributed by atoms with Crippen molar-refractivity contribution >= 4 is 72.5 Å². The number of carbonyl (C=O) groups excluding carboxylic acids is 1. The van der Waals surface area contributed by atoms with Crippen molar-refractivity contribution in [1.82, 2.24) is 0 Å². The Balaban J connectivity index is 1.40. The summed E-state index contributed by atoms with van der Waals surface area (Å²) in [6.45, 7) is 0. The van der Waals surface area contributed by atoms with Gasteiger partial charge in [-0.15, -0.1) is 0 Å². The number of fused-ring (bicyclic) bond motifs is 2. The van der Waals surface area contributed by atoms with E-state index in [9.17, 15) is 9.59 Å². The van der Waals surface area contributed by atoms with E-state index in [-0.39, 0.29) is 5.56 Å². The maximum atomic E-state index is 12.7. The number of hydrogen-bond acceptors (Lipinski definition) is 4. The number of hydrogen-bond donors (Lipinski definition) is 1. The molecule has 1 N–H and O–H groups in total. The number of benzene rings is 4. The molecule has 4 aromatic carbocycles. The molecule has 1 heterocycles. The highest BCUT2D eigenvalue weighted by atomic mass is 79.9. The summed E-state index contributed by atoms with van der Waals surface area (Å²) in [5.74, 6) is 0.441. The van der Waals surface area contributed by atoms with Crippen molar-refractivity contribution < 1.29 is 13.9 Å². The zero-order valence-corrected chi connectivity index (χ0v) is 20.4. The Morgan fingerprint density at radius 3 is 2.44 bits per heavy atom. The highest BCUT2D eigenvalue weighted by Gasteiger charge is 2.16. The van der Waals surface area contributed by atoms with E-state index in [0.29, 0.717) is 38.2 Å². The second-order valence-electron chi connectivity index (χ2n) is 7.42. The molecule has 34 heavy (non-hydrogen) atoms. The summed E-state index contributed by atoms with van der Waals surface area (Å²) in [5, 5.41) is 5.91. The molecule has 5 nitrogen and oxygen atoms in total. The fourth-order valence-corrected chi connectivity index (χ4v) is 4.43. The molecule has 0 unspecified atom stereocenters. The van der Waals surface area contributed by atoms with E-state index in [2.05, 4.69) is 21.2 Å². The average molecular weight is 555 g/mol. The molecule has 0 aliphatic heterocycles. The van der Waals surface area contributed by atoms with Crippen molar-refractivity contribution in [2.45, 2.75) is 0 Å². The molecular weight excluding hydrogens is 541 g/mol. The Labute approximate surface area is 212 Å². The molecule has 0 atom stereocenters. The van der Waals surface area contributed by atoms with Crippen LogP contribution in [0.5, 0.6) is 11.5 Å². The van der Waals surface area contributed by atoms with Gasteiger partial charge in [0.1, 0.15) is 22.6 Å². The molecule has 1 aromatic heterocycles. The molecule has 0 saturated carbocycles. The molecule has 168 valence electrons. The molecule has 0 fully saturated rings. The van der Waals surface area contributed by atoms with E-state index in [1.54, 1.807) is 36.4 Å². The van der Waals surface area contributed by atoms with Crippen molar-refractivity contribution in [1.29, 1.82) is 0 Å². The normalized spacial score (nSPS) is 11.0. The molecule has 1 amide bonds. The molecule has 5 rings (SSSR count). The zero-order chi connectivity index (χ0) is 23.8. The number of rotatable bonds is 4. The highest BCUT2D eigenvalue weighted by molar-refractivity contribution is 9.10. The van der Waals surface area contributed by atoms with Crippen LogP contribution in [-0.4, -0.2) is 5.91 Å². The first kappa shape index (κ1) is 22.5. The van der Waals surface area contributed by atoms with Crippen LogP contribution in [0, 0.1) is 0 Å². The van der Waals surface area contributed by atoms with Crippen LogP contribution in [0.3, 0.4) is 0 Å². The van der Waals surface area contributed by atoms with Gasteiger partial charge in [-0.25, -0.2) is 4.79 Å². The lowest BCUT2D eigenvalue weighted by molar-refractivity contribution is 0.102. The van der Waals surface area contributed by atoms with E-state index in [1.165, 1.54) is 6.07 Å². The third-order valence-electron chi connectivity index (χ3n) is 5.18. The minimum atomic E-state index is -0.750. The van der Waals surface area contributed by atoms with E-state index in [1.807, 2.05) is 36.4 Å². The molecule has 0 bridgehead atoms. The van der Waals surface area contributed by atoms with Crippen molar-refractivity contribution in [3.63, 3.8) is 0 Å². The maximum absolute atomic E-state index is 12.7. The maximum Gasteiger partial charge on any atom is 0.349 e. The Bertz CT molecular complexity index is 1650. The predicted octanol–water partition coefficient (Wildman–Crippen LogP) is 8.06. The van der Waals surface area contributed by atoms with Crippen LogP contribution in [0.15, 0.2) is 92.5 Å². The zero-order valence-electron chi connectivity index (χ0n) is 17.3. The van der Waals surface area contributed by atoms with Gasteiger partial charge in [-0.3, -0.25) is 4.79 Å². The summed E-state index contributed by atoms with van der Waals surface area (Å²) in [5.41, 5.74) is -0.155. The van der Waals surface area contributed by atoms with Crippen molar-refractivity contribution in [2.24, 2.45) is 0 Å². The van der Waals surface area contributed by atoms with Gasteiger partial charge < -0.3 is 14.5 Å². The first-order chi connectivity index (χ1) is 16.4. The minimum absolute atomic E-state index is 0.146. The third kappa shape index (κ3) is 4.40. The van der Waals surface area contributed by atoms with Crippen LogP contribution >= 0.6 is 39.1 Å². The standard InChI is InChI=1S/C26H14BrCl2NO4/c27-20-7-10-23(18-4-2-1-3-17(18)20)33-24-9-6-16(13-21(24)29)30-25(31)19-12-14-11-15(28)5-8-22(14)34-26(19)32/h1-13H,(H,30,31). The minimum Gasteiger partial charge on any atom is -0.455 e. The first-order valence-corrected chi connectivity index (χ1v) is 11.6. The van der Waals surface area contributed by atoms with Gasteiger partial charge in [-0.2, -0.15) is 0 Å². The summed E-state index contributed by atoms with van der Waals surface area (Å²) < 4.78 is 12.3. The summed E-state index contributed by atoms with van der Waals surface area (Å²) in [7, 11) is 0. The fraction of sp³-hybridized carbons (Fsp3) is 0. The van der Waals surface area contributed by atoms with E-state index in [4.69, 9.17) is 32.4 Å². The molecule has 0 aliphatic rings. The topological polar surface area (TPSA) is 68.5 Å². The highest BCUT2D eigenvalue weighted by Crippen LogP contribution is 2.37. The lowest BCUT2D eigenvalue weighted by Gasteiger charge is -2.13. The van der Waals surface area contributed by atoms with Gasteiger partial charge >= 0.3 is 5.63 Å². The molecule has 0 radical (unpaired) electrons. The van der Waals surface area contributed by atoms with Crippen LogP contribution in [0.4, 0.5) is 5.69 Å². The average Bonchev–Trinajstić information content (AvgIpc) is 2.82. The first-order valence-electron chi connectivity index (χ1n) is 10.1. The lowest BCUT2D eigenvalue weighted by atomic mass is 10.1. The van der Waals surface area contributed by atoms with Gasteiger partial charge in [0.15, 0.2) is 0 Å². The molecule has 0 saturated heterocycles. The van der Waals surface area contributed by atoms with E-state index in [0.717, 1.165) is 15.2 Å². The Kier molecular flexibility index (Phi) is 6.04. The molecule has 8 heteroatoms. The van der Waals surface area contributed by atoms with Crippen molar-refractivity contribution in [3.8, 4) is 11.5 Å². The summed E-state index contributed by atoms with van der Waals surface area (Å²) >= 11 is 16.0. The van der Waals surface area contributed by atoms with Crippen LogP contribution in [-0.2, 0) is 0 Å². The molecule has 0 aliphatic carbocycles. The van der Waals surface area contributed by atoms with E-state index < -0.39 is 11.5 Å². The van der Waals surface area contributed by atoms with Gasteiger partial charge in [0.2, 0.25) is 0 Å². The monoisotopic (exact) mass is 553 g/mol. The van der Waals surface area contributed by atoms with Gasteiger partial charge in [-0.05, 0) is 60.0 Å². The Morgan fingerprint density at radius 2 is 1.65 bits per heavy atom. The van der Waals surface area contributed by atoms with Crippen LogP contribution < -0.4 is 15.7 Å². The summed E-state index contributed by atoms with van der Waals surface area (Å²) in [6.07, 6.45) is 0. The predicted molar refractivity (Wildman–Crippen MR) is 139 cm³/mol. The SMILES string of the molecule is O=C(Nc1ccc(Oc2ccc(Br)c3ccccc23)c(Cl)c1)c1cc2cc(Cl)ccc2oc1=O. The van der Waals surface area contributed by atoms with Crippen LogP contribution in [0.25, 0.3) is 21.7 Å². The third-order valence-corrected chi connectivity index (χ3v) is 6.40.